The summed E-state index contributed by atoms with van der Waals surface area (Å²) in [6.45, 7) is 6.88. The molecule has 1 aliphatic heterocycles. The Morgan fingerprint density at radius 2 is 2.12 bits per heavy atom. The van der Waals surface area contributed by atoms with Crippen LogP contribution in [-0.4, -0.2) is 31.6 Å². The van der Waals surface area contributed by atoms with Gasteiger partial charge in [-0.25, -0.2) is 0 Å². The van der Waals surface area contributed by atoms with E-state index in [9.17, 15) is 0 Å². The normalized spacial score (nSPS) is 24.5. The van der Waals surface area contributed by atoms with Crippen LogP contribution in [0.2, 0.25) is 0 Å². The monoisotopic (exact) mass is 296 g/mol. The van der Waals surface area contributed by atoms with Crippen molar-refractivity contribution in [2.24, 2.45) is 11.8 Å². The minimum atomic E-state index is 0.794. The van der Waals surface area contributed by atoms with Crippen LogP contribution < -0.4 is 5.32 Å². The van der Waals surface area contributed by atoms with Crippen molar-refractivity contribution in [1.29, 1.82) is 0 Å². The van der Waals surface area contributed by atoms with Gasteiger partial charge in [0.2, 0.25) is 0 Å². The van der Waals surface area contributed by atoms with Gasteiger partial charge in [-0.15, -0.1) is 0 Å². The Morgan fingerprint density at radius 3 is 2.76 bits per heavy atom. The molecule has 0 bridgehead atoms. The predicted octanol–water partition coefficient (Wildman–Crippen LogP) is 2.74. The molecular formula is C14H21BrN2. The summed E-state index contributed by atoms with van der Waals surface area (Å²) in [5.74, 6) is 1.60. The zero-order chi connectivity index (χ0) is 12.3. The number of rotatable bonds is 4. The number of nitrogens with zero attached hydrogens (tertiary/aromatic N) is 1. The fraction of sp³-hybridized carbons (Fsp3) is 0.571. The zero-order valence-electron chi connectivity index (χ0n) is 10.6. The summed E-state index contributed by atoms with van der Waals surface area (Å²) in [5, 5.41) is 3.47. The van der Waals surface area contributed by atoms with E-state index in [4.69, 9.17) is 0 Å². The highest BCUT2D eigenvalue weighted by Gasteiger charge is 2.24. The molecule has 1 N–H and O–H groups in total. The molecule has 1 aromatic rings. The fourth-order valence-electron chi connectivity index (χ4n) is 2.49. The van der Waals surface area contributed by atoms with E-state index in [0.717, 1.165) is 18.4 Å². The Hall–Kier alpha value is -0.380. The quantitative estimate of drug-likeness (QED) is 0.919. The van der Waals surface area contributed by atoms with Crippen LogP contribution >= 0.6 is 15.9 Å². The third-order valence-corrected chi connectivity index (χ3v) is 4.40. The molecule has 0 unspecified atom stereocenters. The SMILES string of the molecule is C[C@@H]1CNC[C@H]1CN(C)Cc1ccccc1Br. The topological polar surface area (TPSA) is 15.3 Å². The van der Waals surface area contributed by atoms with E-state index in [1.54, 1.807) is 0 Å². The molecule has 0 amide bonds. The lowest BCUT2D eigenvalue weighted by Crippen LogP contribution is -2.29. The van der Waals surface area contributed by atoms with Crippen LogP contribution in [0, 0.1) is 11.8 Å². The summed E-state index contributed by atoms with van der Waals surface area (Å²) in [6, 6.07) is 8.48. The van der Waals surface area contributed by atoms with Crippen LogP contribution in [0.4, 0.5) is 0 Å². The second-order valence-corrected chi connectivity index (χ2v) is 6.04. The maximum atomic E-state index is 3.61. The molecule has 1 heterocycles. The second-order valence-electron chi connectivity index (χ2n) is 5.18. The largest absolute Gasteiger partial charge is 0.316 e. The lowest BCUT2D eigenvalue weighted by atomic mass is 9.97. The molecule has 1 saturated heterocycles. The average molecular weight is 297 g/mol. The second kappa shape index (κ2) is 5.98. The number of halogens is 1. The van der Waals surface area contributed by atoms with Gasteiger partial charge in [0.15, 0.2) is 0 Å². The van der Waals surface area contributed by atoms with Gasteiger partial charge in [0.25, 0.3) is 0 Å². The molecule has 0 aliphatic carbocycles. The number of nitrogens with one attached hydrogen (secondary N) is 1. The number of hydrogen-bond acceptors (Lipinski definition) is 2. The van der Waals surface area contributed by atoms with Gasteiger partial charge >= 0.3 is 0 Å². The standard InChI is InChI=1S/C14H21BrN2/c1-11-7-16-8-13(11)10-17(2)9-12-5-3-4-6-14(12)15/h3-6,11,13,16H,7-10H2,1-2H3/t11-,13+/m1/s1. The van der Waals surface area contributed by atoms with Gasteiger partial charge in [-0.2, -0.15) is 0 Å². The fourth-order valence-corrected chi connectivity index (χ4v) is 2.90. The molecule has 0 radical (unpaired) electrons. The first-order valence-corrected chi connectivity index (χ1v) is 7.09. The molecule has 2 rings (SSSR count). The maximum absolute atomic E-state index is 3.61. The minimum Gasteiger partial charge on any atom is -0.316 e. The Labute approximate surface area is 113 Å². The highest BCUT2D eigenvalue weighted by molar-refractivity contribution is 9.10. The summed E-state index contributed by atoms with van der Waals surface area (Å²) in [5.41, 5.74) is 1.37. The summed E-state index contributed by atoms with van der Waals surface area (Å²) >= 11 is 3.61. The molecule has 1 aliphatic rings. The van der Waals surface area contributed by atoms with Gasteiger partial charge in [0.05, 0.1) is 0 Å². The Balaban J connectivity index is 1.89. The van der Waals surface area contributed by atoms with E-state index in [-0.39, 0.29) is 0 Å². The van der Waals surface area contributed by atoms with Crippen molar-refractivity contribution >= 4 is 15.9 Å². The van der Waals surface area contributed by atoms with Crippen molar-refractivity contribution in [2.45, 2.75) is 13.5 Å². The average Bonchev–Trinajstić information content (AvgIpc) is 2.68. The van der Waals surface area contributed by atoms with Gasteiger partial charge in [0, 0.05) is 17.6 Å². The van der Waals surface area contributed by atoms with Crippen molar-refractivity contribution in [3.63, 3.8) is 0 Å². The molecule has 3 heteroatoms. The maximum Gasteiger partial charge on any atom is 0.0242 e. The Bertz CT molecular complexity index is 367. The van der Waals surface area contributed by atoms with E-state index in [0.29, 0.717) is 0 Å². The Kier molecular flexibility index (Phi) is 4.60. The highest BCUT2D eigenvalue weighted by Crippen LogP contribution is 2.20. The van der Waals surface area contributed by atoms with E-state index in [1.165, 1.54) is 29.7 Å². The van der Waals surface area contributed by atoms with Crippen LogP contribution in [0.1, 0.15) is 12.5 Å². The summed E-state index contributed by atoms with van der Waals surface area (Å²) in [7, 11) is 2.21. The van der Waals surface area contributed by atoms with Crippen LogP contribution in [-0.2, 0) is 6.54 Å². The molecule has 1 fully saturated rings. The first kappa shape index (κ1) is 13.1. The van der Waals surface area contributed by atoms with Crippen molar-refractivity contribution < 1.29 is 0 Å². The lowest BCUT2D eigenvalue weighted by molar-refractivity contribution is 0.252. The molecule has 94 valence electrons. The van der Waals surface area contributed by atoms with Gasteiger partial charge in [-0.1, -0.05) is 41.1 Å². The van der Waals surface area contributed by atoms with E-state index >= 15 is 0 Å². The first-order chi connectivity index (χ1) is 8.16. The van der Waals surface area contributed by atoms with Crippen molar-refractivity contribution in [1.82, 2.24) is 10.2 Å². The third kappa shape index (κ3) is 3.54. The number of benzene rings is 1. The minimum absolute atomic E-state index is 0.794. The Morgan fingerprint density at radius 1 is 1.35 bits per heavy atom. The molecule has 0 aromatic heterocycles. The van der Waals surface area contributed by atoms with Gasteiger partial charge in [-0.3, -0.25) is 0 Å². The smallest absolute Gasteiger partial charge is 0.0242 e. The lowest BCUT2D eigenvalue weighted by Gasteiger charge is -2.23. The third-order valence-electron chi connectivity index (χ3n) is 3.62. The van der Waals surface area contributed by atoms with Crippen molar-refractivity contribution in [3.05, 3.63) is 34.3 Å². The summed E-state index contributed by atoms with van der Waals surface area (Å²) < 4.78 is 1.21. The number of hydrogen-bond donors (Lipinski definition) is 1. The van der Waals surface area contributed by atoms with E-state index in [1.807, 2.05) is 0 Å². The molecular weight excluding hydrogens is 276 g/mol. The molecule has 1 aromatic carbocycles. The van der Waals surface area contributed by atoms with Gasteiger partial charge in [-0.05, 0) is 43.6 Å². The summed E-state index contributed by atoms with van der Waals surface area (Å²) in [4.78, 5) is 2.42. The van der Waals surface area contributed by atoms with Crippen molar-refractivity contribution in [3.8, 4) is 0 Å². The molecule has 2 atom stereocenters. The molecule has 0 saturated carbocycles. The van der Waals surface area contributed by atoms with Gasteiger partial charge in [0.1, 0.15) is 0 Å². The molecule has 17 heavy (non-hydrogen) atoms. The zero-order valence-corrected chi connectivity index (χ0v) is 12.2. The molecule has 0 spiro atoms. The molecule has 2 nitrogen and oxygen atoms in total. The summed E-state index contributed by atoms with van der Waals surface area (Å²) in [6.07, 6.45) is 0. The highest BCUT2D eigenvalue weighted by atomic mass is 79.9. The van der Waals surface area contributed by atoms with Crippen molar-refractivity contribution in [2.75, 3.05) is 26.7 Å². The van der Waals surface area contributed by atoms with Gasteiger partial charge < -0.3 is 10.2 Å². The predicted molar refractivity (Wildman–Crippen MR) is 76.0 cm³/mol. The van der Waals surface area contributed by atoms with E-state index in [2.05, 4.69) is 64.4 Å². The first-order valence-electron chi connectivity index (χ1n) is 6.29. The van der Waals surface area contributed by atoms with Crippen LogP contribution in [0.25, 0.3) is 0 Å². The van der Waals surface area contributed by atoms with Crippen LogP contribution in [0.3, 0.4) is 0 Å². The van der Waals surface area contributed by atoms with Crippen LogP contribution in [0.15, 0.2) is 28.7 Å². The van der Waals surface area contributed by atoms with Crippen LogP contribution in [0.5, 0.6) is 0 Å². The van der Waals surface area contributed by atoms with E-state index < -0.39 is 0 Å².